The number of nitrogens with zero attached hydrogens (tertiary/aromatic N) is 2. The lowest BCUT2D eigenvalue weighted by Gasteiger charge is -2.25. The first kappa shape index (κ1) is 29.8. The number of halogens is 2. The number of carbonyl (C=O) groups is 2. The average molecular weight is 697 g/mol. The number of carbonyl (C=O) groups excluding carboxylic acids is 2. The number of rotatable bonds is 9. The molecule has 4 rings (SSSR count). The lowest BCUT2D eigenvalue weighted by Crippen LogP contribution is -2.40. The minimum Gasteiger partial charge on any atom is -0.493 e. The zero-order chi connectivity index (χ0) is 29.0. The molecule has 9 nitrogen and oxygen atoms in total. The largest absolute Gasteiger partial charge is 0.493 e. The maximum atomic E-state index is 14.0. The van der Waals surface area contributed by atoms with Crippen molar-refractivity contribution in [1.29, 1.82) is 0 Å². The minimum absolute atomic E-state index is 0.165. The van der Waals surface area contributed by atoms with Gasteiger partial charge in [-0.3, -0.25) is 9.36 Å². The Kier molecular flexibility index (Phi) is 9.69. The lowest BCUT2D eigenvalue weighted by atomic mass is 9.96. The summed E-state index contributed by atoms with van der Waals surface area (Å²) < 4.78 is 24.2. The van der Waals surface area contributed by atoms with E-state index in [1.807, 2.05) is 6.07 Å². The van der Waals surface area contributed by atoms with E-state index in [4.69, 9.17) is 30.5 Å². The third kappa shape index (κ3) is 6.11. The minimum atomic E-state index is -0.837. The molecular weight excluding hydrogens is 671 g/mol. The van der Waals surface area contributed by atoms with E-state index < -0.39 is 18.0 Å². The fourth-order valence-corrected chi connectivity index (χ4v) is 6.15. The fourth-order valence-electron chi connectivity index (χ4n) is 4.26. The van der Waals surface area contributed by atoms with E-state index in [0.717, 1.165) is 14.9 Å². The zero-order valence-corrected chi connectivity index (χ0v) is 25.9. The Hall–Kier alpha value is -3.16. The molecule has 12 heteroatoms. The van der Waals surface area contributed by atoms with Crippen LogP contribution in [0.3, 0.4) is 0 Å². The highest BCUT2D eigenvalue weighted by molar-refractivity contribution is 14.1. The molecule has 1 aromatic heterocycles. The van der Waals surface area contributed by atoms with E-state index in [1.54, 1.807) is 57.2 Å². The molecular formula is C28H26ClIN2O7S. The molecule has 2 aromatic carbocycles. The third-order valence-corrected chi connectivity index (χ3v) is 7.86. The molecule has 1 atom stereocenters. The molecule has 1 aliphatic rings. The molecule has 1 aliphatic heterocycles. The van der Waals surface area contributed by atoms with Crippen molar-refractivity contribution in [2.75, 3.05) is 26.9 Å². The molecule has 0 bridgehead atoms. The standard InChI is InChI=1S/C28H26ClIN2O7S/c1-5-37-22(33)14-39-25-16(11-17(30)13-20(25)36-4)12-21-26(34)32-24(18-9-7-8-10-19(18)29)23(27(35)38-6-2)15(3)31-28(32)40-21/h7-13,24H,5-6,14H2,1-4H3/b21-12-/t24-/m0/s1. The number of thiazole rings is 1. The number of ether oxygens (including phenoxy) is 4. The van der Waals surface area contributed by atoms with Crippen molar-refractivity contribution in [1.82, 2.24) is 4.57 Å². The van der Waals surface area contributed by atoms with Crippen LogP contribution in [-0.2, 0) is 19.1 Å². The Morgan fingerprint density at radius 1 is 1.18 bits per heavy atom. The normalized spacial score (nSPS) is 14.8. The van der Waals surface area contributed by atoms with Crippen molar-refractivity contribution < 1.29 is 28.5 Å². The number of benzene rings is 2. The predicted molar refractivity (Wildman–Crippen MR) is 160 cm³/mol. The number of hydrogen-bond acceptors (Lipinski definition) is 9. The summed E-state index contributed by atoms with van der Waals surface area (Å²) in [4.78, 5) is 44.0. The molecule has 210 valence electrons. The van der Waals surface area contributed by atoms with E-state index in [9.17, 15) is 14.4 Å². The summed E-state index contributed by atoms with van der Waals surface area (Å²) in [5.74, 6) is -0.424. The first-order valence-electron chi connectivity index (χ1n) is 12.3. The van der Waals surface area contributed by atoms with Crippen molar-refractivity contribution >= 4 is 63.5 Å². The van der Waals surface area contributed by atoms with Gasteiger partial charge in [0.1, 0.15) is 6.04 Å². The molecule has 2 heterocycles. The van der Waals surface area contributed by atoms with Crippen molar-refractivity contribution in [2.45, 2.75) is 26.8 Å². The summed E-state index contributed by atoms with van der Waals surface area (Å²) in [5, 5.41) is 0.399. The van der Waals surface area contributed by atoms with Crippen LogP contribution in [0, 0.1) is 3.57 Å². The van der Waals surface area contributed by atoms with E-state index >= 15 is 0 Å². The Morgan fingerprint density at radius 2 is 1.90 bits per heavy atom. The summed E-state index contributed by atoms with van der Waals surface area (Å²) in [6.07, 6.45) is 1.65. The topological polar surface area (TPSA) is 105 Å². The molecule has 0 amide bonds. The van der Waals surface area contributed by atoms with E-state index in [1.165, 1.54) is 11.7 Å². The summed E-state index contributed by atoms with van der Waals surface area (Å²) in [7, 11) is 1.49. The number of methoxy groups -OCH3 is 1. The van der Waals surface area contributed by atoms with Crippen molar-refractivity contribution in [3.8, 4) is 11.5 Å². The highest BCUT2D eigenvalue weighted by Gasteiger charge is 2.34. The summed E-state index contributed by atoms with van der Waals surface area (Å²) in [5.41, 5.74) is 1.39. The Bertz CT molecular complexity index is 1680. The van der Waals surface area contributed by atoms with Crippen LogP contribution in [0.2, 0.25) is 5.02 Å². The van der Waals surface area contributed by atoms with Crippen molar-refractivity contribution in [3.63, 3.8) is 0 Å². The molecule has 0 aliphatic carbocycles. The predicted octanol–water partition coefficient (Wildman–Crippen LogP) is 4.01. The maximum absolute atomic E-state index is 14.0. The summed E-state index contributed by atoms with van der Waals surface area (Å²) >= 11 is 9.86. The molecule has 40 heavy (non-hydrogen) atoms. The van der Waals surface area contributed by atoms with Crippen LogP contribution in [-0.4, -0.2) is 43.4 Å². The Balaban J connectivity index is 1.93. The van der Waals surface area contributed by atoms with Crippen molar-refractivity contribution in [2.24, 2.45) is 4.99 Å². The van der Waals surface area contributed by atoms with Crippen LogP contribution in [0.1, 0.15) is 37.9 Å². The Morgan fingerprint density at radius 3 is 2.58 bits per heavy atom. The Labute approximate surface area is 252 Å². The molecule has 0 unspecified atom stereocenters. The van der Waals surface area contributed by atoms with Gasteiger partial charge in [0.15, 0.2) is 22.9 Å². The third-order valence-electron chi connectivity index (χ3n) is 5.91. The molecule has 0 radical (unpaired) electrons. The van der Waals surface area contributed by atoms with Gasteiger partial charge in [-0.2, -0.15) is 0 Å². The second-order valence-corrected chi connectivity index (χ2v) is 11.1. The van der Waals surface area contributed by atoms with Crippen LogP contribution in [0.25, 0.3) is 6.08 Å². The van der Waals surface area contributed by atoms with Crippen LogP contribution in [0.15, 0.2) is 57.5 Å². The second-order valence-electron chi connectivity index (χ2n) is 8.44. The van der Waals surface area contributed by atoms with Gasteiger partial charge in [-0.25, -0.2) is 14.6 Å². The van der Waals surface area contributed by atoms with Gasteiger partial charge in [0, 0.05) is 14.2 Å². The molecule has 0 fully saturated rings. The molecule has 0 N–H and O–H groups in total. The SMILES string of the molecule is CCOC(=O)COc1c(/C=c2\sc3n(c2=O)[C@@H](c2ccccc2Cl)C(C(=O)OCC)=C(C)N=3)cc(I)cc1OC. The highest BCUT2D eigenvalue weighted by Crippen LogP contribution is 2.36. The fraction of sp³-hybridized carbons (Fsp3) is 0.286. The van der Waals surface area contributed by atoms with Gasteiger partial charge in [-0.1, -0.05) is 41.1 Å². The molecule has 0 saturated carbocycles. The molecule has 0 saturated heterocycles. The van der Waals surface area contributed by atoms with E-state index in [-0.39, 0.29) is 36.7 Å². The number of allylic oxidation sites excluding steroid dienone is 1. The van der Waals surface area contributed by atoms with Crippen LogP contribution < -0.4 is 24.4 Å². The second kappa shape index (κ2) is 13.0. The monoisotopic (exact) mass is 696 g/mol. The van der Waals surface area contributed by atoms with E-state index in [2.05, 4.69) is 27.6 Å². The van der Waals surface area contributed by atoms with Crippen LogP contribution in [0.5, 0.6) is 11.5 Å². The smallest absolute Gasteiger partial charge is 0.344 e. The molecule has 0 spiro atoms. The van der Waals surface area contributed by atoms with Crippen molar-refractivity contribution in [3.05, 3.63) is 87.1 Å². The lowest BCUT2D eigenvalue weighted by molar-refractivity contribution is -0.145. The quantitative estimate of drug-likeness (QED) is 0.246. The average Bonchev–Trinajstić information content (AvgIpc) is 3.21. The first-order chi connectivity index (χ1) is 19.2. The van der Waals surface area contributed by atoms with Crippen LogP contribution >= 0.6 is 45.5 Å². The number of hydrogen-bond donors (Lipinski definition) is 0. The van der Waals surface area contributed by atoms with Gasteiger partial charge in [0.2, 0.25) is 0 Å². The van der Waals surface area contributed by atoms with Gasteiger partial charge in [-0.15, -0.1) is 0 Å². The number of aromatic nitrogens is 1. The van der Waals surface area contributed by atoms with E-state index in [0.29, 0.717) is 36.9 Å². The van der Waals surface area contributed by atoms with Gasteiger partial charge in [0.05, 0.1) is 36.1 Å². The maximum Gasteiger partial charge on any atom is 0.344 e. The summed E-state index contributed by atoms with van der Waals surface area (Å²) in [6.45, 7) is 5.18. The molecule has 3 aromatic rings. The number of fused-ring (bicyclic) bond motifs is 1. The number of esters is 2. The van der Waals surface area contributed by atoms with Crippen LogP contribution in [0.4, 0.5) is 0 Å². The first-order valence-corrected chi connectivity index (χ1v) is 14.6. The highest BCUT2D eigenvalue weighted by atomic mass is 127. The van der Waals surface area contributed by atoms with Gasteiger partial charge >= 0.3 is 11.9 Å². The van der Waals surface area contributed by atoms with Gasteiger partial charge in [-0.05, 0) is 73.2 Å². The summed E-state index contributed by atoms with van der Waals surface area (Å²) in [6, 6.07) is 9.77. The zero-order valence-electron chi connectivity index (χ0n) is 22.2. The van der Waals surface area contributed by atoms with Gasteiger partial charge < -0.3 is 18.9 Å². The van der Waals surface area contributed by atoms with Gasteiger partial charge in [0.25, 0.3) is 5.56 Å².